The van der Waals surface area contributed by atoms with E-state index in [4.69, 9.17) is 0 Å². The molecule has 47 heavy (non-hydrogen) atoms. The molecule has 0 amide bonds. The maximum absolute atomic E-state index is 14.4. The summed E-state index contributed by atoms with van der Waals surface area (Å²) in [5.74, 6) is 0. The molecule has 0 atom stereocenters. The topological polar surface area (TPSA) is 101 Å². The van der Waals surface area contributed by atoms with Crippen LogP contribution >= 0.6 is 0 Å². The normalized spacial score (nSPS) is 12.2. The van der Waals surface area contributed by atoms with Crippen molar-refractivity contribution in [3.63, 3.8) is 0 Å². The van der Waals surface area contributed by atoms with Crippen molar-refractivity contribution in [1.82, 2.24) is 0 Å². The quantitative estimate of drug-likeness (QED) is 0.0714. The predicted molar refractivity (Wildman–Crippen MR) is 198 cm³/mol. The molecule has 2 N–H and O–H groups in total. The van der Waals surface area contributed by atoms with Crippen molar-refractivity contribution in [1.29, 1.82) is 0 Å². The summed E-state index contributed by atoms with van der Waals surface area (Å²) in [7, 11) is -8.67. The van der Waals surface area contributed by atoms with Gasteiger partial charge in [-0.25, -0.2) is 8.42 Å². The van der Waals surface area contributed by atoms with Crippen molar-refractivity contribution < 1.29 is 21.4 Å². The third-order valence-corrected chi connectivity index (χ3v) is 11.9. The van der Waals surface area contributed by atoms with Gasteiger partial charge in [0.2, 0.25) is 9.84 Å². The molecule has 0 aliphatic heterocycles. The van der Waals surface area contributed by atoms with Crippen molar-refractivity contribution in [3.05, 3.63) is 47.5 Å². The SMILES string of the molecule is CCCCCCCCCCCCc1ccc(S(=O)(=O)O)c(CCCCCCCCCCCC)c1S(=O)(=O)c1ccc(NC(C)C)cc1. The van der Waals surface area contributed by atoms with Crippen LogP contribution in [-0.2, 0) is 32.8 Å². The first-order chi connectivity index (χ1) is 22.5. The third-order valence-electron chi connectivity index (χ3n) is 9.05. The number of aryl methyl sites for hydroxylation is 1. The maximum atomic E-state index is 14.4. The molecule has 0 saturated heterocycles. The molecule has 8 heteroatoms. The van der Waals surface area contributed by atoms with Crippen LogP contribution < -0.4 is 5.32 Å². The van der Waals surface area contributed by atoms with Crippen molar-refractivity contribution >= 4 is 25.6 Å². The molecule has 0 bridgehead atoms. The first kappa shape index (κ1) is 41.3. The molecule has 0 aliphatic rings. The lowest BCUT2D eigenvalue weighted by atomic mass is 9.99. The third kappa shape index (κ3) is 15.5. The summed E-state index contributed by atoms with van der Waals surface area (Å²) in [6.07, 6.45) is 23.9. The van der Waals surface area contributed by atoms with Crippen LogP contribution in [0.2, 0.25) is 0 Å². The first-order valence-electron chi connectivity index (χ1n) is 18.8. The molecule has 2 aromatic rings. The van der Waals surface area contributed by atoms with Crippen LogP contribution in [0, 0.1) is 0 Å². The van der Waals surface area contributed by atoms with Crippen molar-refractivity contribution in [2.24, 2.45) is 0 Å². The Labute approximate surface area is 288 Å². The summed E-state index contributed by atoms with van der Waals surface area (Å²) in [5, 5.41) is 3.29. The minimum Gasteiger partial charge on any atom is -0.383 e. The van der Waals surface area contributed by atoms with Crippen LogP contribution in [0.3, 0.4) is 0 Å². The molecule has 2 rings (SSSR count). The summed E-state index contributed by atoms with van der Waals surface area (Å²) in [6.45, 7) is 8.49. The molecule has 0 aromatic heterocycles. The molecule has 0 fully saturated rings. The zero-order chi connectivity index (χ0) is 34.5. The lowest BCUT2D eigenvalue weighted by Gasteiger charge is -2.19. The van der Waals surface area contributed by atoms with Gasteiger partial charge in [-0.05, 0) is 81.0 Å². The lowest BCUT2D eigenvalue weighted by Crippen LogP contribution is -2.15. The van der Waals surface area contributed by atoms with E-state index in [0.29, 0.717) is 24.8 Å². The highest BCUT2D eigenvalue weighted by Gasteiger charge is 2.30. The van der Waals surface area contributed by atoms with Crippen molar-refractivity contribution in [2.75, 3.05) is 5.32 Å². The number of hydrogen-bond acceptors (Lipinski definition) is 5. The Bertz CT molecular complexity index is 1350. The zero-order valence-electron chi connectivity index (χ0n) is 30.0. The molecule has 0 unspecified atom stereocenters. The molecular weight excluding hydrogens is 627 g/mol. The van der Waals surface area contributed by atoms with E-state index in [1.54, 1.807) is 30.3 Å². The Hall–Kier alpha value is -1.90. The van der Waals surface area contributed by atoms with Gasteiger partial charge in [0.05, 0.1) is 14.7 Å². The summed E-state index contributed by atoms with van der Waals surface area (Å²) in [4.78, 5) is -0.0751. The zero-order valence-corrected chi connectivity index (χ0v) is 31.6. The van der Waals surface area contributed by atoms with Crippen molar-refractivity contribution in [2.45, 2.75) is 190 Å². The summed E-state index contributed by atoms with van der Waals surface area (Å²) in [6, 6.07) is 9.92. The van der Waals surface area contributed by atoms with Gasteiger partial charge in [0, 0.05) is 11.7 Å². The monoisotopic (exact) mass is 691 g/mol. The highest BCUT2D eigenvalue weighted by molar-refractivity contribution is 7.91. The molecule has 0 radical (unpaired) electrons. The summed E-state index contributed by atoms with van der Waals surface area (Å²) in [5.41, 5.74) is 1.70. The van der Waals surface area contributed by atoms with Crippen LogP contribution in [0.1, 0.15) is 167 Å². The standard InChI is InChI=1S/C39H65NO5S2/c1-5-7-9-11-13-15-17-19-21-23-25-34-27-32-38(47(43,44)45)37(26-24-22-20-18-16-14-12-10-8-6-2)39(34)46(41,42)36-30-28-35(29-31-36)40-33(3)4/h27-33,40H,5-26H2,1-4H3,(H,43,44,45). The van der Waals surface area contributed by atoms with Gasteiger partial charge in [-0.1, -0.05) is 135 Å². The Morgan fingerprint density at radius 2 is 1.00 bits per heavy atom. The van der Waals surface area contributed by atoms with Crippen LogP contribution in [0.15, 0.2) is 51.1 Å². The average molecular weight is 692 g/mol. The Balaban J connectivity index is 2.26. The molecule has 268 valence electrons. The number of benzene rings is 2. The largest absolute Gasteiger partial charge is 0.383 e. The second-order valence-corrected chi connectivity index (χ2v) is 17.0. The van der Waals surface area contributed by atoms with Gasteiger partial charge in [0.25, 0.3) is 10.1 Å². The van der Waals surface area contributed by atoms with E-state index in [9.17, 15) is 21.4 Å². The van der Waals surface area contributed by atoms with E-state index >= 15 is 0 Å². The van der Waals surface area contributed by atoms with Gasteiger partial charge in [-0.3, -0.25) is 4.55 Å². The Kier molecular flexibility index (Phi) is 19.9. The molecular formula is C39H65NO5S2. The van der Waals surface area contributed by atoms with E-state index < -0.39 is 20.0 Å². The van der Waals surface area contributed by atoms with Crippen LogP contribution in [0.25, 0.3) is 0 Å². The lowest BCUT2D eigenvalue weighted by molar-refractivity contribution is 0.481. The van der Waals surface area contributed by atoms with Gasteiger partial charge >= 0.3 is 0 Å². The summed E-state index contributed by atoms with van der Waals surface area (Å²) >= 11 is 0. The second kappa shape index (κ2) is 22.7. The molecule has 0 aliphatic carbocycles. The van der Waals surface area contributed by atoms with Gasteiger partial charge in [0.1, 0.15) is 0 Å². The van der Waals surface area contributed by atoms with E-state index in [2.05, 4.69) is 19.2 Å². The van der Waals surface area contributed by atoms with Crippen LogP contribution in [0.4, 0.5) is 5.69 Å². The highest BCUT2D eigenvalue weighted by atomic mass is 32.2. The van der Waals surface area contributed by atoms with Gasteiger partial charge in [-0.2, -0.15) is 8.42 Å². The second-order valence-electron chi connectivity index (χ2n) is 13.7. The minimum absolute atomic E-state index is 0.0732. The molecule has 0 heterocycles. The van der Waals surface area contributed by atoms with E-state index in [1.807, 2.05) is 13.8 Å². The fourth-order valence-electron chi connectivity index (χ4n) is 6.44. The smallest absolute Gasteiger partial charge is 0.294 e. The van der Waals surface area contributed by atoms with Crippen molar-refractivity contribution in [3.8, 4) is 0 Å². The Morgan fingerprint density at radius 1 is 0.574 bits per heavy atom. The van der Waals surface area contributed by atoms with Gasteiger partial charge < -0.3 is 5.32 Å². The minimum atomic E-state index is -4.62. The van der Waals surface area contributed by atoms with E-state index in [-0.39, 0.29) is 26.3 Å². The fraction of sp³-hybridized carbons (Fsp3) is 0.692. The molecule has 2 aromatic carbocycles. The molecule has 0 spiro atoms. The predicted octanol–water partition coefficient (Wildman–Crippen LogP) is 11.5. The summed E-state index contributed by atoms with van der Waals surface area (Å²) < 4.78 is 64.2. The molecule has 6 nitrogen and oxygen atoms in total. The van der Waals surface area contributed by atoms with Crippen LogP contribution in [0.5, 0.6) is 0 Å². The molecule has 0 saturated carbocycles. The number of sulfone groups is 1. The number of rotatable bonds is 27. The average Bonchev–Trinajstić information content (AvgIpc) is 3.02. The van der Waals surface area contributed by atoms with E-state index in [0.717, 1.165) is 44.2 Å². The van der Waals surface area contributed by atoms with Gasteiger partial charge in [-0.15, -0.1) is 0 Å². The maximum Gasteiger partial charge on any atom is 0.294 e. The van der Waals surface area contributed by atoms with Gasteiger partial charge in [0.15, 0.2) is 0 Å². The number of nitrogens with one attached hydrogen (secondary N) is 1. The van der Waals surface area contributed by atoms with Crippen LogP contribution in [-0.4, -0.2) is 27.4 Å². The first-order valence-corrected chi connectivity index (χ1v) is 21.7. The fourth-order valence-corrected chi connectivity index (χ4v) is 9.04. The highest BCUT2D eigenvalue weighted by Crippen LogP contribution is 2.35. The number of anilines is 1. The Morgan fingerprint density at radius 3 is 1.43 bits per heavy atom. The number of unbranched alkanes of at least 4 members (excludes halogenated alkanes) is 18. The number of hydrogen-bond donors (Lipinski definition) is 2. The van der Waals surface area contributed by atoms with E-state index in [1.165, 1.54) is 89.5 Å².